The summed E-state index contributed by atoms with van der Waals surface area (Å²) in [5, 5.41) is 10.1. The van der Waals surface area contributed by atoms with E-state index in [1.807, 2.05) is 12.2 Å². The molecule has 0 saturated heterocycles. The molecular formula is C36H63O9P. The van der Waals surface area contributed by atoms with Gasteiger partial charge in [0.2, 0.25) is 0 Å². The van der Waals surface area contributed by atoms with E-state index < -0.39 is 38.6 Å². The Morgan fingerprint density at radius 1 is 0.739 bits per heavy atom. The van der Waals surface area contributed by atoms with Crippen LogP contribution in [-0.4, -0.2) is 52.3 Å². The number of hydrogen-bond donors (Lipinski definition) is 3. The van der Waals surface area contributed by atoms with Crippen molar-refractivity contribution in [3.63, 3.8) is 0 Å². The van der Waals surface area contributed by atoms with Crippen molar-refractivity contribution >= 4 is 19.8 Å². The molecule has 0 aliphatic carbocycles. The standard InChI is InChI=1S/C36H63O9P/c1-4-6-7-8-9-10-11-12-13-14-15-19-22-26-33(37)27-24-29-35(38)43-30-34(31-44-46(40,41)42)45-36(39)28-23-20-17-16-18-21-25-32(3)5-2/h9-10,12-13,15,19,22,26,32-34,37H,4-8,11,14,16-18,20-21,23-25,27-31H2,1-3H3,(H2,40,41,42)/b10-9-,13-12-,19-15-,26-22+/t32?,33-,34-/m1/s1. The van der Waals surface area contributed by atoms with Gasteiger partial charge in [0, 0.05) is 12.8 Å². The topological polar surface area (TPSA) is 140 Å². The largest absolute Gasteiger partial charge is 0.469 e. The number of ether oxygens (including phenoxy) is 2. The van der Waals surface area contributed by atoms with Gasteiger partial charge in [-0.3, -0.25) is 14.1 Å². The average molecular weight is 671 g/mol. The molecular weight excluding hydrogens is 607 g/mol. The van der Waals surface area contributed by atoms with Gasteiger partial charge in [-0.15, -0.1) is 0 Å². The molecule has 0 bridgehead atoms. The number of aliphatic hydroxyl groups excluding tert-OH is 1. The average Bonchev–Trinajstić information content (AvgIpc) is 3.01. The Bertz CT molecular complexity index is 922. The Morgan fingerprint density at radius 3 is 2.09 bits per heavy atom. The van der Waals surface area contributed by atoms with Crippen LogP contribution in [0.4, 0.5) is 0 Å². The maximum absolute atomic E-state index is 12.3. The molecule has 0 saturated carbocycles. The molecule has 46 heavy (non-hydrogen) atoms. The third-order valence-electron chi connectivity index (χ3n) is 7.49. The van der Waals surface area contributed by atoms with Crippen molar-refractivity contribution in [2.24, 2.45) is 5.92 Å². The first-order chi connectivity index (χ1) is 22.1. The number of rotatable bonds is 30. The Balaban J connectivity index is 4.25. The second-order valence-corrected chi connectivity index (χ2v) is 13.2. The first-order valence-corrected chi connectivity index (χ1v) is 19.0. The second kappa shape index (κ2) is 30.3. The summed E-state index contributed by atoms with van der Waals surface area (Å²) in [6.07, 6.45) is 30.3. The number of hydrogen-bond acceptors (Lipinski definition) is 7. The Labute approximate surface area is 278 Å². The molecule has 1 unspecified atom stereocenters. The van der Waals surface area contributed by atoms with Crippen molar-refractivity contribution in [2.45, 2.75) is 149 Å². The number of phosphoric acid groups is 1. The summed E-state index contributed by atoms with van der Waals surface area (Å²) in [4.78, 5) is 42.5. The SMILES string of the molecule is CCCCC/C=C\C/C=C\C/C=C\C=C\[C@@H](O)CCCC(=O)OC[C@H](COP(=O)(O)O)OC(=O)CCCCCCCCC(C)CC. The monoisotopic (exact) mass is 670 g/mol. The molecule has 0 aliphatic heterocycles. The smallest absolute Gasteiger partial charge is 0.462 e. The van der Waals surface area contributed by atoms with E-state index in [0.717, 1.165) is 44.4 Å². The van der Waals surface area contributed by atoms with E-state index in [-0.39, 0.29) is 19.4 Å². The lowest BCUT2D eigenvalue weighted by atomic mass is 10.00. The minimum absolute atomic E-state index is 0.0377. The molecule has 0 amide bonds. The zero-order valence-corrected chi connectivity index (χ0v) is 29.6. The fraction of sp³-hybridized carbons (Fsp3) is 0.722. The van der Waals surface area contributed by atoms with Crippen molar-refractivity contribution in [2.75, 3.05) is 13.2 Å². The van der Waals surface area contributed by atoms with Gasteiger partial charge in [-0.25, -0.2) is 4.57 Å². The lowest BCUT2D eigenvalue weighted by Crippen LogP contribution is -2.29. The highest BCUT2D eigenvalue weighted by Crippen LogP contribution is 2.36. The molecule has 3 atom stereocenters. The first kappa shape index (κ1) is 44.0. The van der Waals surface area contributed by atoms with E-state index in [4.69, 9.17) is 19.3 Å². The van der Waals surface area contributed by atoms with E-state index >= 15 is 0 Å². The van der Waals surface area contributed by atoms with Crippen molar-refractivity contribution < 1.29 is 43.0 Å². The van der Waals surface area contributed by atoms with Crippen molar-refractivity contribution in [3.05, 3.63) is 48.6 Å². The number of allylic oxidation sites excluding steroid dienone is 7. The minimum atomic E-state index is -4.79. The van der Waals surface area contributed by atoms with Crippen LogP contribution in [0.15, 0.2) is 48.6 Å². The summed E-state index contributed by atoms with van der Waals surface area (Å²) in [5.74, 6) is -0.331. The molecule has 266 valence electrons. The molecule has 0 heterocycles. The quantitative estimate of drug-likeness (QED) is 0.0225. The van der Waals surface area contributed by atoms with Crippen LogP contribution >= 0.6 is 7.82 Å². The molecule has 0 spiro atoms. The van der Waals surface area contributed by atoms with Gasteiger partial charge in [0.1, 0.15) is 6.61 Å². The van der Waals surface area contributed by atoms with Gasteiger partial charge in [0.25, 0.3) is 0 Å². The van der Waals surface area contributed by atoms with Crippen LogP contribution in [0.3, 0.4) is 0 Å². The zero-order valence-electron chi connectivity index (χ0n) is 28.7. The molecule has 0 aliphatic rings. The summed E-state index contributed by atoms with van der Waals surface area (Å²) < 4.78 is 26.1. The van der Waals surface area contributed by atoms with Crippen LogP contribution in [0.2, 0.25) is 0 Å². The number of carbonyl (C=O) groups excluding carboxylic acids is 2. The van der Waals surface area contributed by atoms with Crippen molar-refractivity contribution in [3.8, 4) is 0 Å². The van der Waals surface area contributed by atoms with Gasteiger partial charge in [-0.2, -0.15) is 0 Å². The Morgan fingerprint density at radius 2 is 1.39 bits per heavy atom. The van der Waals surface area contributed by atoms with E-state index in [2.05, 4.69) is 49.6 Å². The van der Waals surface area contributed by atoms with Crippen LogP contribution in [0.1, 0.15) is 136 Å². The lowest BCUT2D eigenvalue weighted by Gasteiger charge is -2.18. The third kappa shape index (κ3) is 31.9. The van der Waals surface area contributed by atoms with Crippen LogP contribution in [0, 0.1) is 5.92 Å². The number of carbonyl (C=O) groups is 2. The van der Waals surface area contributed by atoms with Crippen molar-refractivity contribution in [1.29, 1.82) is 0 Å². The van der Waals surface area contributed by atoms with Gasteiger partial charge in [-0.05, 0) is 50.9 Å². The molecule has 9 nitrogen and oxygen atoms in total. The normalized spacial score (nSPS) is 14.5. The fourth-order valence-corrected chi connectivity index (χ4v) is 4.81. The molecule has 3 N–H and O–H groups in total. The Hall–Kier alpha value is -2.03. The molecule has 0 radical (unpaired) electrons. The Kier molecular flexibility index (Phi) is 29.0. The third-order valence-corrected chi connectivity index (χ3v) is 7.98. The van der Waals surface area contributed by atoms with E-state index in [9.17, 15) is 19.3 Å². The van der Waals surface area contributed by atoms with Crippen LogP contribution < -0.4 is 0 Å². The van der Waals surface area contributed by atoms with Gasteiger partial charge in [0.05, 0.1) is 12.7 Å². The second-order valence-electron chi connectivity index (χ2n) is 11.9. The predicted molar refractivity (Wildman–Crippen MR) is 185 cm³/mol. The predicted octanol–water partition coefficient (Wildman–Crippen LogP) is 8.83. The number of esters is 2. The molecule has 0 aromatic heterocycles. The van der Waals surface area contributed by atoms with E-state index in [1.165, 1.54) is 44.9 Å². The van der Waals surface area contributed by atoms with Gasteiger partial charge < -0.3 is 24.4 Å². The van der Waals surface area contributed by atoms with Crippen molar-refractivity contribution in [1.82, 2.24) is 0 Å². The fourth-order valence-electron chi connectivity index (χ4n) is 4.45. The highest BCUT2D eigenvalue weighted by Gasteiger charge is 2.23. The van der Waals surface area contributed by atoms with E-state index in [0.29, 0.717) is 19.3 Å². The molecule has 0 rings (SSSR count). The molecule has 10 heteroatoms. The van der Waals surface area contributed by atoms with Crippen LogP contribution in [0.25, 0.3) is 0 Å². The minimum Gasteiger partial charge on any atom is -0.462 e. The molecule has 0 aromatic rings. The number of aliphatic hydroxyl groups is 1. The number of unbranched alkanes of at least 4 members (excludes halogenated alkanes) is 8. The summed E-state index contributed by atoms with van der Waals surface area (Å²) in [7, 11) is -4.79. The van der Waals surface area contributed by atoms with Gasteiger partial charge >= 0.3 is 19.8 Å². The maximum Gasteiger partial charge on any atom is 0.469 e. The first-order valence-electron chi connectivity index (χ1n) is 17.4. The summed E-state index contributed by atoms with van der Waals surface area (Å²) in [6.45, 7) is 5.71. The van der Waals surface area contributed by atoms with E-state index in [1.54, 1.807) is 12.2 Å². The zero-order chi connectivity index (χ0) is 34.3. The molecule has 0 aromatic carbocycles. The maximum atomic E-state index is 12.3. The lowest BCUT2D eigenvalue weighted by molar-refractivity contribution is -0.161. The van der Waals surface area contributed by atoms with Gasteiger partial charge in [-0.1, -0.05) is 127 Å². The highest BCUT2D eigenvalue weighted by molar-refractivity contribution is 7.46. The summed E-state index contributed by atoms with van der Waals surface area (Å²) in [6, 6.07) is 0. The summed E-state index contributed by atoms with van der Waals surface area (Å²) >= 11 is 0. The molecule has 0 fully saturated rings. The van der Waals surface area contributed by atoms with Gasteiger partial charge in [0.15, 0.2) is 6.10 Å². The summed E-state index contributed by atoms with van der Waals surface area (Å²) in [5.41, 5.74) is 0. The van der Waals surface area contributed by atoms with Crippen LogP contribution in [0.5, 0.6) is 0 Å². The van der Waals surface area contributed by atoms with Crippen LogP contribution in [-0.2, 0) is 28.2 Å². The highest BCUT2D eigenvalue weighted by atomic mass is 31.2. The number of phosphoric ester groups is 1.